The predicted octanol–water partition coefficient (Wildman–Crippen LogP) is 8.36. The van der Waals surface area contributed by atoms with E-state index in [2.05, 4.69) is 10.3 Å². The summed E-state index contributed by atoms with van der Waals surface area (Å²) in [5, 5.41) is 4.08. The van der Waals surface area contributed by atoms with Gasteiger partial charge in [0.1, 0.15) is 5.52 Å². The van der Waals surface area contributed by atoms with E-state index in [0.29, 0.717) is 38.3 Å². The molecule has 1 aromatic heterocycles. The molecule has 0 atom stereocenters. The Labute approximate surface area is 216 Å². The van der Waals surface area contributed by atoms with Gasteiger partial charge < -0.3 is 14.5 Å². The molecule has 0 aliphatic heterocycles. The van der Waals surface area contributed by atoms with Crippen LogP contribution >= 0.6 is 46.4 Å². The van der Waals surface area contributed by atoms with Crippen molar-refractivity contribution in [3.63, 3.8) is 0 Å². The number of nitrogens with zero attached hydrogens (tertiary/aromatic N) is 1. The Morgan fingerprint density at radius 1 is 0.971 bits per heavy atom. The van der Waals surface area contributed by atoms with Crippen LogP contribution in [0.2, 0.25) is 20.1 Å². The van der Waals surface area contributed by atoms with Crippen molar-refractivity contribution in [2.45, 2.75) is 27.7 Å². The molecule has 0 fully saturated rings. The average molecular weight is 538 g/mol. The van der Waals surface area contributed by atoms with Crippen LogP contribution in [0.4, 0.5) is 5.69 Å². The number of ether oxygens (including phenoxy) is 1. The third-order valence-corrected chi connectivity index (χ3v) is 7.18. The lowest BCUT2D eigenvalue weighted by Gasteiger charge is -2.15. The Balaban J connectivity index is 1.55. The van der Waals surface area contributed by atoms with Crippen molar-refractivity contribution in [2.75, 3.05) is 11.9 Å². The van der Waals surface area contributed by atoms with Crippen molar-refractivity contribution in [2.24, 2.45) is 0 Å². The number of halogens is 4. The molecule has 0 saturated carbocycles. The van der Waals surface area contributed by atoms with E-state index < -0.39 is 5.91 Å². The summed E-state index contributed by atoms with van der Waals surface area (Å²) < 4.78 is 11.6. The van der Waals surface area contributed by atoms with E-state index in [0.717, 1.165) is 22.2 Å². The Kier molecular flexibility index (Phi) is 7.02. The third kappa shape index (κ3) is 4.71. The average Bonchev–Trinajstić information content (AvgIpc) is 3.22. The van der Waals surface area contributed by atoms with E-state index in [1.807, 2.05) is 26.0 Å². The minimum Gasteiger partial charge on any atom is -0.481 e. The molecule has 0 spiro atoms. The highest BCUT2D eigenvalue weighted by atomic mass is 35.5. The van der Waals surface area contributed by atoms with Gasteiger partial charge in [-0.1, -0.05) is 52.5 Å². The first kappa shape index (κ1) is 24.7. The summed E-state index contributed by atoms with van der Waals surface area (Å²) in [7, 11) is 0. The zero-order chi connectivity index (χ0) is 24.7. The minimum absolute atomic E-state index is 0.204. The topological polar surface area (TPSA) is 64.4 Å². The van der Waals surface area contributed by atoms with Crippen molar-refractivity contribution < 1.29 is 13.9 Å². The molecule has 4 aromatic rings. The van der Waals surface area contributed by atoms with Gasteiger partial charge in [0.25, 0.3) is 5.91 Å². The van der Waals surface area contributed by atoms with E-state index in [9.17, 15) is 4.79 Å². The fraction of sp³-hybridized carbons (Fsp3) is 0.200. The number of anilines is 1. The first-order valence-corrected chi connectivity index (χ1v) is 11.8. The van der Waals surface area contributed by atoms with E-state index >= 15 is 0 Å². The fourth-order valence-corrected chi connectivity index (χ4v) is 4.60. The van der Waals surface area contributed by atoms with Crippen molar-refractivity contribution >= 4 is 69.1 Å². The molecule has 0 aliphatic carbocycles. The highest BCUT2D eigenvalue weighted by molar-refractivity contribution is 6.42. The van der Waals surface area contributed by atoms with E-state index in [-0.39, 0.29) is 22.4 Å². The number of rotatable bonds is 5. The molecule has 34 heavy (non-hydrogen) atoms. The molecule has 1 N–H and O–H groups in total. The number of aryl methyl sites for hydroxylation is 2. The summed E-state index contributed by atoms with van der Waals surface area (Å²) in [6.45, 7) is 7.15. The van der Waals surface area contributed by atoms with Crippen LogP contribution < -0.4 is 10.1 Å². The number of carbonyl (C=O) groups excluding carboxylic acids is 1. The van der Waals surface area contributed by atoms with Gasteiger partial charge in [0, 0.05) is 10.6 Å². The van der Waals surface area contributed by atoms with Crippen LogP contribution in [0.3, 0.4) is 0 Å². The molecule has 0 radical (unpaired) electrons. The molecule has 4 rings (SSSR count). The molecule has 1 amide bonds. The molecule has 5 nitrogen and oxygen atoms in total. The standard InChI is InChI=1S/C25H20Cl4N2O3/c1-11-7-12(2)23-18(8-11)31-25(34-23)15-5-6-16(26)17(9-15)30-19(32)10-33-24-21(28)13(3)20(27)14(4)22(24)29/h5-9H,10H2,1-4H3,(H,30,32). The number of nitrogens with one attached hydrogen (secondary N) is 1. The monoisotopic (exact) mass is 536 g/mol. The van der Waals surface area contributed by atoms with E-state index in [1.165, 1.54) is 0 Å². The largest absolute Gasteiger partial charge is 0.481 e. The van der Waals surface area contributed by atoms with Crippen molar-refractivity contribution in [3.05, 3.63) is 72.7 Å². The number of hydrogen-bond acceptors (Lipinski definition) is 4. The van der Waals surface area contributed by atoms with Gasteiger partial charge in [0.15, 0.2) is 17.9 Å². The number of hydrogen-bond donors (Lipinski definition) is 1. The lowest BCUT2D eigenvalue weighted by molar-refractivity contribution is -0.118. The van der Waals surface area contributed by atoms with Crippen LogP contribution in [0.5, 0.6) is 5.75 Å². The van der Waals surface area contributed by atoms with Crippen molar-refractivity contribution in [1.29, 1.82) is 0 Å². The van der Waals surface area contributed by atoms with Crippen molar-refractivity contribution in [1.82, 2.24) is 4.98 Å². The number of oxazole rings is 1. The van der Waals surface area contributed by atoms with Gasteiger partial charge in [-0.25, -0.2) is 4.98 Å². The second-order valence-corrected chi connectivity index (χ2v) is 9.54. The molecule has 176 valence electrons. The summed E-state index contributed by atoms with van der Waals surface area (Å²) in [4.78, 5) is 17.2. The van der Waals surface area contributed by atoms with Gasteiger partial charge in [0.05, 0.1) is 20.8 Å². The normalized spacial score (nSPS) is 11.2. The molecule has 9 heteroatoms. The van der Waals surface area contributed by atoms with Crippen LogP contribution in [0.1, 0.15) is 22.3 Å². The zero-order valence-corrected chi connectivity index (χ0v) is 21.8. The quantitative estimate of drug-likeness (QED) is 0.277. The second-order valence-electron chi connectivity index (χ2n) is 8.00. The second kappa shape index (κ2) is 9.67. The molecular formula is C25H20Cl4N2O3. The van der Waals surface area contributed by atoms with Crippen LogP contribution in [0, 0.1) is 27.7 Å². The van der Waals surface area contributed by atoms with Gasteiger partial charge in [-0.2, -0.15) is 0 Å². The number of amides is 1. The number of fused-ring (bicyclic) bond motifs is 1. The first-order valence-electron chi connectivity index (χ1n) is 10.3. The molecule has 3 aromatic carbocycles. The Morgan fingerprint density at radius 3 is 2.32 bits per heavy atom. The maximum atomic E-state index is 12.6. The van der Waals surface area contributed by atoms with Gasteiger partial charge in [-0.15, -0.1) is 0 Å². The van der Waals surface area contributed by atoms with Crippen molar-refractivity contribution in [3.8, 4) is 17.2 Å². The fourth-order valence-electron chi connectivity index (χ4n) is 3.62. The van der Waals surface area contributed by atoms with E-state index in [1.54, 1.807) is 32.0 Å². The highest BCUT2D eigenvalue weighted by Gasteiger charge is 2.19. The maximum Gasteiger partial charge on any atom is 0.262 e. The Bertz CT molecular complexity index is 1420. The SMILES string of the molecule is Cc1cc(C)c2oc(-c3ccc(Cl)c(NC(=O)COc4c(Cl)c(C)c(Cl)c(C)c4Cl)c3)nc2c1. The van der Waals surface area contributed by atoms with Crippen LogP contribution in [-0.2, 0) is 4.79 Å². The minimum atomic E-state index is -0.444. The van der Waals surface area contributed by atoms with E-state index in [4.69, 9.17) is 55.6 Å². The number of carbonyl (C=O) groups is 1. The predicted molar refractivity (Wildman–Crippen MR) is 139 cm³/mol. The molecule has 0 unspecified atom stereocenters. The Morgan fingerprint density at radius 2 is 1.65 bits per heavy atom. The lowest BCUT2D eigenvalue weighted by atomic mass is 10.1. The van der Waals surface area contributed by atoms with Crippen LogP contribution in [0.15, 0.2) is 34.7 Å². The molecule has 0 bridgehead atoms. The smallest absolute Gasteiger partial charge is 0.262 e. The summed E-state index contributed by atoms with van der Waals surface area (Å²) in [5.74, 6) is 0.188. The number of aromatic nitrogens is 1. The molecule has 0 saturated heterocycles. The molecular weight excluding hydrogens is 518 g/mol. The summed E-state index contributed by atoms with van der Waals surface area (Å²) in [5.41, 5.74) is 5.90. The third-order valence-electron chi connectivity index (χ3n) is 5.37. The lowest BCUT2D eigenvalue weighted by Crippen LogP contribution is -2.20. The first-order chi connectivity index (χ1) is 16.1. The molecule has 1 heterocycles. The summed E-state index contributed by atoms with van der Waals surface area (Å²) in [6.07, 6.45) is 0. The summed E-state index contributed by atoms with van der Waals surface area (Å²) in [6, 6.07) is 9.14. The van der Waals surface area contributed by atoms with Crippen LogP contribution in [-0.4, -0.2) is 17.5 Å². The van der Waals surface area contributed by atoms with Gasteiger partial charge in [-0.3, -0.25) is 4.79 Å². The van der Waals surface area contributed by atoms with Gasteiger partial charge in [0.2, 0.25) is 5.89 Å². The van der Waals surface area contributed by atoms with Gasteiger partial charge in [-0.05, 0) is 74.2 Å². The number of benzene rings is 3. The van der Waals surface area contributed by atoms with Crippen LogP contribution in [0.25, 0.3) is 22.6 Å². The summed E-state index contributed by atoms with van der Waals surface area (Å²) >= 11 is 25.2. The maximum absolute atomic E-state index is 12.6. The Hall–Kier alpha value is -2.44. The zero-order valence-electron chi connectivity index (χ0n) is 18.8. The molecule has 0 aliphatic rings. The van der Waals surface area contributed by atoms with Gasteiger partial charge >= 0.3 is 0 Å². The highest BCUT2D eigenvalue weighted by Crippen LogP contribution is 2.42.